The first-order valence-electron chi connectivity index (χ1n) is 5.41. The Morgan fingerprint density at radius 3 is 2.27 bits per heavy atom. The zero-order chi connectivity index (χ0) is 11.5. The number of primary amides is 1. The second-order valence-corrected chi connectivity index (χ2v) is 3.94. The maximum Gasteiger partial charge on any atom is 0.243 e. The number of nitrogens with two attached hydrogens (primary N) is 1. The molecule has 0 bridgehead atoms. The van der Waals surface area contributed by atoms with Crippen molar-refractivity contribution in [3.63, 3.8) is 0 Å². The molecular weight excluding hydrogens is 194 g/mol. The van der Waals surface area contributed by atoms with E-state index in [0.717, 1.165) is 13.0 Å². The summed E-state index contributed by atoms with van der Waals surface area (Å²) in [4.78, 5) is 23.0. The summed E-state index contributed by atoms with van der Waals surface area (Å²) >= 11 is 0. The van der Waals surface area contributed by atoms with Crippen LogP contribution >= 0.6 is 0 Å². The molecule has 1 heterocycles. The fourth-order valence-corrected chi connectivity index (χ4v) is 1.67. The lowest BCUT2D eigenvalue weighted by molar-refractivity contribution is -0.134. The predicted octanol–water partition coefficient (Wildman–Crippen LogP) is -0.491. The maximum absolute atomic E-state index is 11.7. The second-order valence-electron chi connectivity index (χ2n) is 3.94. The number of hydrogen-bond donors (Lipinski definition) is 3. The molecule has 1 fully saturated rings. The lowest BCUT2D eigenvalue weighted by Crippen LogP contribution is -2.63. The number of rotatable bonds is 5. The molecule has 4 N–H and O–H groups in total. The summed E-state index contributed by atoms with van der Waals surface area (Å²) in [6, 6.07) is -0.151. The summed E-state index contributed by atoms with van der Waals surface area (Å²) in [5.41, 5.74) is 4.45. The molecule has 2 amide bonds. The quantitative estimate of drug-likeness (QED) is 0.576. The first-order chi connectivity index (χ1) is 7.05. The molecule has 15 heavy (non-hydrogen) atoms. The van der Waals surface area contributed by atoms with Crippen molar-refractivity contribution in [3.05, 3.63) is 0 Å². The van der Waals surface area contributed by atoms with Gasteiger partial charge in [0.25, 0.3) is 0 Å². The highest BCUT2D eigenvalue weighted by molar-refractivity contribution is 5.92. The Bertz CT molecular complexity index is 257. The van der Waals surface area contributed by atoms with E-state index in [0.29, 0.717) is 12.8 Å². The average molecular weight is 213 g/mol. The topological polar surface area (TPSA) is 84.2 Å². The predicted molar refractivity (Wildman–Crippen MR) is 57.1 cm³/mol. The van der Waals surface area contributed by atoms with Gasteiger partial charge in [0.15, 0.2) is 0 Å². The van der Waals surface area contributed by atoms with Crippen LogP contribution in [0.2, 0.25) is 0 Å². The number of nitrogens with one attached hydrogen (secondary N) is 2. The van der Waals surface area contributed by atoms with E-state index in [1.54, 1.807) is 0 Å². The average Bonchev–Trinajstić information content (AvgIpc) is 2.11. The van der Waals surface area contributed by atoms with Gasteiger partial charge in [0, 0.05) is 0 Å². The molecule has 1 aliphatic rings. The van der Waals surface area contributed by atoms with Crippen molar-refractivity contribution in [2.45, 2.75) is 44.7 Å². The van der Waals surface area contributed by atoms with Gasteiger partial charge in [-0.25, -0.2) is 0 Å². The van der Waals surface area contributed by atoms with Crippen LogP contribution in [0.4, 0.5) is 0 Å². The van der Waals surface area contributed by atoms with Gasteiger partial charge >= 0.3 is 0 Å². The summed E-state index contributed by atoms with van der Waals surface area (Å²) in [7, 11) is 0. The molecule has 1 rings (SSSR count). The van der Waals surface area contributed by atoms with E-state index in [4.69, 9.17) is 5.73 Å². The van der Waals surface area contributed by atoms with Crippen LogP contribution in [0.3, 0.4) is 0 Å². The molecule has 0 radical (unpaired) electrons. The lowest BCUT2D eigenvalue weighted by Gasteiger charge is -2.34. The first kappa shape index (κ1) is 12.0. The van der Waals surface area contributed by atoms with Crippen LogP contribution < -0.4 is 16.4 Å². The van der Waals surface area contributed by atoms with Gasteiger partial charge in [-0.3, -0.25) is 9.59 Å². The summed E-state index contributed by atoms with van der Waals surface area (Å²) in [6.45, 7) is 4.56. The fraction of sp³-hybridized carbons (Fsp3) is 0.800. The molecule has 0 aromatic heterocycles. The first-order valence-corrected chi connectivity index (χ1v) is 5.41. The van der Waals surface area contributed by atoms with Gasteiger partial charge in [-0.05, 0) is 25.8 Å². The third kappa shape index (κ3) is 2.28. The normalized spacial score (nSPS) is 20.5. The van der Waals surface area contributed by atoms with Crippen LogP contribution in [0, 0.1) is 0 Å². The van der Waals surface area contributed by atoms with Crippen LogP contribution in [0.5, 0.6) is 0 Å². The number of amides is 2. The number of carbonyl (C=O) groups excluding carboxylic acids is 2. The van der Waals surface area contributed by atoms with Gasteiger partial charge in [0.05, 0.1) is 6.04 Å². The second kappa shape index (κ2) is 4.61. The number of hydrogen-bond acceptors (Lipinski definition) is 3. The smallest absolute Gasteiger partial charge is 0.243 e. The summed E-state index contributed by atoms with van der Waals surface area (Å²) in [6.07, 6.45) is 1.88. The minimum Gasteiger partial charge on any atom is -0.368 e. The van der Waals surface area contributed by atoms with E-state index in [1.165, 1.54) is 0 Å². The molecular formula is C10H19N3O2. The standard InChI is InChI=1S/C10H19N3O2/c1-3-10(4-2,9(11)15)13-8(14)7-5-6-12-7/h7,12H,3-6H2,1-2H3,(H2,11,15)(H,13,14)/t7-/m1/s1. The Kier molecular flexibility index (Phi) is 3.68. The van der Waals surface area contributed by atoms with Gasteiger partial charge in [0.2, 0.25) is 11.8 Å². The largest absolute Gasteiger partial charge is 0.368 e. The molecule has 1 atom stereocenters. The van der Waals surface area contributed by atoms with Gasteiger partial charge < -0.3 is 16.4 Å². The molecule has 5 heteroatoms. The molecule has 0 saturated carbocycles. The summed E-state index contributed by atoms with van der Waals surface area (Å²) < 4.78 is 0. The van der Waals surface area contributed by atoms with Crippen molar-refractivity contribution in [3.8, 4) is 0 Å². The lowest BCUT2D eigenvalue weighted by atomic mass is 9.91. The minimum atomic E-state index is -0.881. The fourth-order valence-electron chi connectivity index (χ4n) is 1.67. The zero-order valence-electron chi connectivity index (χ0n) is 9.30. The van der Waals surface area contributed by atoms with Gasteiger partial charge in [0.1, 0.15) is 5.54 Å². The maximum atomic E-state index is 11.7. The van der Waals surface area contributed by atoms with Gasteiger partial charge in [-0.2, -0.15) is 0 Å². The van der Waals surface area contributed by atoms with Crippen molar-refractivity contribution in [1.82, 2.24) is 10.6 Å². The molecule has 1 aliphatic heterocycles. The van der Waals surface area contributed by atoms with E-state index in [9.17, 15) is 9.59 Å². The highest BCUT2D eigenvalue weighted by atomic mass is 16.2. The van der Waals surface area contributed by atoms with E-state index in [1.807, 2.05) is 13.8 Å². The molecule has 0 aliphatic carbocycles. The van der Waals surface area contributed by atoms with Crippen molar-refractivity contribution >= 4 is 11.8 Å². The molecule has 5 nitrogen and oxygen atoms in total. The third-order valence-corrected chi connectivity index (χ3v) is 3.18. The Morgan fingerprint density at radius 1 is 1.47 bits per heavy atom. The van der Waals surface area contributed by atoms with Crippen molar-refractivity contribution in [1.29, 1.82) is 0 Å². The Labute approximate surface area is 89.8 Å². The van der Waals surface area contributed by atoms with Crippen LogP contribution in [0.25, 0.3) is 0 Å². The van der Waals surface area contributed by atoms with Crippen molar-refractivity contribution in [2.75, 3.05) is 6.54 Å². The summed E-state index contributed by atoms with van der Waals surface area (Å²) in [5, 5.41) is 5.75. The van der Waals surface area contributed by atoms with E-state index < -0.39 is 11.4 Å². The molecule has 86 valence electrons. The molecule has 0 aromatic carbocycles. The van der Waals surface area contributed by atoms with E-state index >= 15 is 0 Å². The van der Waals surface area contributed by atoms with Gasteiger partial charge in [-0.1, -0.05) is 13.8 Å². The Hall–Kier alpha value is -1.10. The van der Waals surface area contributed by atoms with Gasteiger partial charge in [-0.15, -0.1) is 0 Å². The SMILES string of the molecule is CCC(CC)(NC(=O)[C@H]1CCN1)C(N)=O. The Morgan fingerprint density at radius 2 is 2.00 bits per heavy atom. The summed E-state index contributed by atoms with van der Waals surface area (Å²) in [5.74, 6) is -0.580. The van der Waals surface area contributed by atoms with E-state index in [2.05, 4.69) is 10.6 Å². The van der Waals surface area contributed by atoms with Crippen LogP contribution in [-0.2, 0) is 9.59 Å². The molecule has 0 spiro atoms. The van der Waals surface area contributed by atoms with E-state index in [-0.39, 0.29) is 11.9 Å². The zero-order valence-corrected chi connectivity index (χ0v) is 9.30. The molecule has 0 aromatic rings. The molecule has 1 saturated heterocycles. The van der Waals surface area contributed by atoms with Crippen molar-refractivity contribution in [2.24, 2.45) is 5.73 Å². The third-order valence-electron chi connectivity index (χ3n) is 3.18. The van der Waals surface area contributed by atoms with Crippen molar-refractivity contribution < 1.29 is 9.59 Å². The van der Waals surface area contributed by atoms with Crippen LogP contribution in [0.1, 0.15) is 33.1 Å². The monoisotopic (exact) mass is 213 g/mol. The highest BCUT2D eigenvalue weighted by Gasteiger charge is 2.37. The highest BCUT2D eigenvalue weighted by Crippen LogP contribution is 2.15. The number of carbonyl (C=O) groups is 2. The Balaban J connectivity index is 2.64. The van der Waals surface area contributed by atoms with Crippen LogP contribution in [-0.4, -0.2) is 29.9 Å². The minimum absolute atomic E-state index is 0.122. The van der Waals surface area contributed by atoms with Crippen LogP contribution in [0.15, 0.2) is 0 Å². The molecule has 0 unspecified atom stereocenters.